The lowest BCUT2D eigenvalue weighted by Gasteiger charge is -2.26. The predicted molar refractivity (Wildman–Crippen MR) is 84.9 cm³/mol. The Bertz CT molecular complexity index is 525. The van der Waals surface area contributed by atoms with Gasteiger partial charge in [-0.3, -0.25) is 14.6 Å². The zero-order valence-corrected chi connectivity index (χ0v) is 13.3. The molecule has 1 aliphatic heterocycles. The van der Waals surface area contributed by atoms with Crippen molar-refractivity contribution >= 4 is 11.8 Å². The Morgan fingerprint density at radius 3 is 2.68 bits per heavy atom. The number of likely N-dealkylation sites (tertiary alicyclic amines) is 1. The maximum Gasteiger partial charge on any atom is 0.272 e. The van der Waals surface area contributed by atoms with Gasteiger partial charge in [0.15, 0.2) is 0 Å². The Morgan fingerprint density at radius 2 is 2.00 bits per heavy atom. The minimum absolute atomic E-state index is 0.0809. The van der Waals surface area contributed by atoms with Crippen LogP contribution < -0.4 is 5.32 Å². The molecule has 2 heterocycles. The summed E-state index contributed by atoms with van der Waals surface area (Å²) in [6.07, 6.45) is 4.77. The van der Waals surface area contributed by atoms with E-state index in [9.17, 15) is 9.59 Å². The minimum Gasteiger partial charge on any atom is -0.351 e. The molecule has 0 unspecified atom stereocenters. The van der Waals surface area contributed by atoms with Crippen molar-refractivity contribution in [2.24, 2.45) is 0 Å². The fraction of sp³-hybridized carbons (Fsp3) is 0.562. The highest BCUT2D eigenvalue weighted by Gasteiger charge is 2.20. The van der Waals surface area contributed by atoms with Crippen molar-refractivity contribution in [1.29, 1.82) is 0 Å². The summed E-state index contributed by atoms with van der Waals surface area (Å²) in [7, 11) is 3.90. The first-order valence-electron chi connectivity index (χ1n) is 7.76. The van der Waals surface area contributed by atoms with Crippen LogP contribution in [0.3, 0.4) is 0 Å². The Balaban J connectivity index is 1.99. The van der Waals surface area contributed by atoms with Gasteiger partial charge in [-0.1, -0.05) is 0 Å². The van der Waals surface area contributed by atoms with Gasteiger partial charge in [-0.25, -0.2) is 0 Å². The number of piperidine rings is 1. The topological polar surface area (TPSA) is 65.5 Å². The molecule has 2 amide bonds. The largest absolute Gasteiger partial charge is 0.351 e. The summed E-state index contributed by atoms with van der Waals surface area (Å²) in [6.45, 7) is 2.90. The molecule has 1 fully saturated rings. The van der Waals surface area contributed by atoms with Gasteiger partial charge in [0.2, 0.25) is 0 Å². The molecule has 2 rings (SSSR count). The van der Waals surface area contributed by atoms with E-state index < -0.39 is 0 Å². The predicted octanol–water partition coefficient (Wildman–Crippen LogP) is 0.999. The molecule has 0 bridgehead atoms. The average Bonchev–Trinajstić information content (AvgIpc) is 2.54. The number of nitrogens with one attached hydrogen (secondary N) is 1. The van der Waals surface area contributed by atoms with E-state index in [1.165, 1.54) is 12.6 Å². The average molecular weight is 304 g/mol. The van der Waals surface area contributed by atoms with Crippen molar-refractivity contribution < 1.29 is 9.59 Å². The SMILES string of the molecule is CN(C)CCNC(=O)c1ccnc(C(=O)N2CCCCC2)c1. The van der Waals surface area contributed by atoms with Crippen molar-refractivity contribution in [2.75, 3.05) is 40.3 Å². The number of carbonyl (C=O) groups excluding carboxylic acids is 2. The van der Waals surface area contributed by atoms with E-state index in [1.54, 1.807) is 12.1 Å². The molecule has 6 heteroatoms. The summed E-state index contributed by atoms with van der Waals surface area (Å²) in [6, 6.07) is 3.22. The molecule has 0 radical (unpaired) electrons. The van der Waals surface area contributed by atoms with E-state index in [0.29, 0.717) is 17.8 Å². The number of amides is 2. The van der Waals surface area contributed by atoms with Crippen LogP contribution in [0.4, 0.5) is 0 Å². The molecular formula is C16H24N4O2. The number of aromatic nitrogens is 1. The lowest BCUT2D eigenvalue weighted by molar-refractivity contribution is 0.0718. The third-order valence-electron chi connectivity index (χ3n) is 3.73. The second-order valence-electron chi connectivity index (χ2n) is 5.84. The first kappa shape index (κ1) is 16.4. The van der Waals surface area contributed by atoms with Gasteiger partial charge in [-0.15, -0.1) is 0 Å². The fourth-order valence-electron chi connectivity index (χ4n) is 2.44. The van der Waals surface area contributed by atoms with Crippen LogP contribution >= 0.6 is 0 Å². The van der Waals surface area contributed by atoms with Gasteiger partial charge in [-0.05, 0) is 45.5 Å². The molecule has 0 saturated carbocycles. The van der Waals surface area contributed by atoms with Crippen LogP contribution in [-0.2, 0) is 0 Å². The summed E-state index contributed by atoms with van der Waals surface area (Å²) in [5.41, 5.74) is 0.830. The van der Waals surface area contributed by atoms with E-state index in [4.69, 9.17) is 0 Å². The van der Waals surface area contributed by atoms with Gasteiger partial charge in [0.05, 0.1) is 0 Å². The van der Waals surface area contributed by atoms with Gasteiger partial charge in [0.1, 0.15) is 5.69 Å². The summed E-state index contributed by atoms with van der Waals surface area (Å²) in [5, 5.41) is 2.84. The molecule has 6 nitrogen and oxygen atoms in total. The highest BCUT2D eigenvalue weighted by Crippen LogP contribution is 2.12. The quantitative estimate of drug-likeness (QED) is 0.881. The van der Waals surface area contributed by atoms with Crippen molar-refractivity contribution in [2.45, 2.75) is 19.3 Å². The maximum atomic E-state index is 12.4. The summed E-state index contributed by atoms with van der Waals surface area (Å²) in [5.74, 6) is -0.250. The van der Waals surface area contributed by atoms with Crippen LogP contribution in [0.1, 0.15) is 40.1 Å². The molecule has 0 spiro atoms. The molecule has 0 atom stereocenters. The molecule has 1 aliphatic rings. The van der Waals surface area contributed by atoms with Gasteiger partial charge in [0, 0.05) is 37.9 Å². The third-order valence-corrected chi connectivity index (χ3v) is 3.73. The Kier molecular flexibility index (Phi) is 5.89. The fourth-order valence-corrected chi connectivity index (χ4v) is 2.44. The molecular weight excluding hydrogens is 280 g/mol. The highest BCUT2D eigenvalue weighted by atomic mass is 16.2. The molecule has 1 saturated heterocycles. The number of pyridine rings is 1. The van der Waals surface area contributed by atoms with Crippen LogP contribution in [0, 0.1) is 0 Å². The van der Waals surface area contributed by atoms with Crippen molar-refractivity contribution in [3.63, 3.8) is 0 Å². The lowest BCUT2D eigenvalue weighted by atomic mass is 10.1. The molecule has 0 aliphatic carbocycles. The highest BCUT2D eigenvalue weighted by molar-refractivity contribution is 5.98. The molecule has 1 aromatic rings. The van der Waals surface area contributed by atoms with E-state index in [-0.39, 0.29) is 11.8 Å². The molecule has 1 aromatic heterocycles. The number of hydrogen-bond donors (Lipinski definition) is 1. The molecule has 22 heavy (non-hydrogen) atoms. The minimum atomic E-state index is -0.169. The van der Waals surface area contributed by atoms with E-state index in [2.05, 4.69) is 10.3 Å². The van der Waals surface area contributed by atoms with Crippen molar-refractivity contribution in [3.05, 3.63) is 29.6 Å². The normalized spacial score (nSPS) is 15.0. The van der Waals surface area contributed by atoms with E-state index in [1.807, 2.05) is 23.9 Å². The van der Waals surface area contributed by atoms with Crippen LogP contribution in [-0.4, -0.2) is 66.9 Å². The summed E-state index contributed by atoms with van der Waals surface area (Å²) >= 11 is 0. The summed E-state index contributed by atoms with van der Waals surface area (Å²) < 4.78 is 0. The van der Waals surface area contributed by atoms with Crippen LogP contribution in [0.15, 0.2) is 18.3 Å². The number of nitrogens with zero attached hydrogens (tertiary/aromatic N) is 3. The second kappa shape index (κ2) is 7.89. The van der Waals surface area contributed by atoms with Crippen LogP contribution in [0.25, 0.3) is 0 Å². The number of hydrogen-bond acceptors (Lipinski definition) is 4. The Hall–Kier alpha value is -1.95. The summed E-state index contributed by atoms with van der Waals surface area (Å²) in [4.78, 5) is 32.4. The van der Waals surface area contributed by atoms with Gasteiger partial charge in [-0.2, -0.15) is 0 Å². The van der Waals surface area contributed by atoms with Gasteiger partial charge in [0.25, 0.3) is 11.8 Å². The standard InChI is InChI=1S/C16H24N4O2/c1-19(2)11-8-18-15(21)13-6-7-17-14(12-13)16(22)20-9-4-3-5-10-20/h6-7,12H,3-5,8-11H2,1-2H3,(H,18,21). The van der Waals surface area contributed by atoms with Crippen molar-refractivity contribution in [1.82, 2.24) is 20.1 Å². The monoisotopic (exact) mass is 304 g/mol. The Morgan fingerprint density at radius 1 is 1.27 bits per heavy atom. The van der Waals surface area contributed by atoms with Gasteiger partial charge >= 0.3 is 0 Å². The first-order chi connectivity index (χ1) is 10.6. The molecule has 0 aromatic carbocycles. The maximum absolute atomic E-state index is 12.4. The number of likely N-dealkylation sites (N-methyl/N-ethyl adjacent to an activating group) is 1. The third kappa shape index (κ3) is 4.53. The van der Waals surface area contributed by atoms with E-state index >= 15 is 0 Å². The Labute approximate surface area is 131 Å². The van der Waals surface area contributed by atoms with Crippen LogP contribution in [0.5, 0.6) is 0 Å². The van der Waals surface area contributed by atoms with E-state index in [0.717, 1.165) is 32.5 Å². The number of rotatable bonds is 5. The first-order valence-corrected chi connectivity index (χ1v) is 7.76. The second-order valence-corrected chi connectivity index (χ2v) is 5.84. The molecule has 1 N–H and O–H groups in total. The smallest absolute Gasteiger partial charge is 0.272 e. The van der Waals surface area contributed by atoms with Crippen molar-refractivity contribution in [3.8, 4) is 0 Å². The van der Waals surface area contributed by atoms with Gasteiger partial charge < -0.3 is 15.1 Å². The lowest BCUT2D eigenvalue weighted by Crippen LogP contribution is -2.36. The zero-order chi connectivity index (χ0) is 15.9. The number of carbonyl (C=O) groups is 2. The zero-order valence-electron chi connectivity index (χ0n) is 13.3. The van der Waals surface area contributed by atoms with Crippen LogP contribution in [0.2, 0.25) is 0 Å². The molecule has 120 valence electrons.